The predicted molar refractivity (Wildman–Crippen MR) is 80.7 cm³/mol. The van der Waals surface area contributed by atoms with E-state index in [4.69, 9.17) is 4.74 Å². The Kier molecular flexibility index (Phi) is 3.73. The minimum atomic E-state index is -0.192. The van der Waals surface area contributed by atoms with Gasteiger partial charge in [-0.3, -0.25) is 9.78 Å². The number of amides is 1. The number of anilines is 1. The molecule has 0 bridgehead atoms. The topological polar surface area (TPSA) is 63.2 Å². The average molecular weight is 283 g/mol. The highest BCUT2D eigenvalue weighted by Crippen LogP contribution is 2.28. The van der Waals surface area contributed by atoms with Crippen LogP contribution < -0.4 is 15.4 Å². The highest BCUT2D eigenvalue weighted by atomic mass is 16.5. The summed E-state index contributed by atoms with van der Waals surface area (Å²) in [7, 11) is 1.59. The van der Waals surface area contributed by atoms with Gasteiger partial charge in [-0.15, -0.1) is 0 Å². The molecule has 0 saturated carbocycles. The standard InChI is InChI=1S/C16H17N3O2/c1-17-16(20)14-9-12(6-7-18-14)19-10-13-8-11-4-2-3-5-15(11)21-13/h2-7,9,13H,8,10H2,1H3,(H,17,20)(H,18,19). The maximum absolute atomic E-state index is 11.5. The molecule has 0 fully saturated rings. The van der Waals surface area contributed by atoms with E-state index in [1.54, 1.807) is 19.3 Å². The number of pyridine rings is 1. The molecule has 0 aliphatic carbocycles. The van der Waals surface area contributed by atoms with Gasteiger partial charge in [0.05, 0.1) is 6.54 Å². The fraction of sp³-hybridized carbons (Fsp3) is 0.250. The van der Waals surface area contributed by atoms with E-state index in [-0.39, 0.29) is 12.0 Å². The highest BCUT2D eigenvalue weighted by molar-refractivity contribution is 5.92. The molecule has 1 aromatic heterocycles. The Morgan fingerprint density at radius 3 is 3.05 bits per heavy atom. The molecule has 2 heterocycles. The van der Waals surface area contributed by atoms with Crippen LogP contribution in [0.5, 0.6) is 5.75 Å². The summed E-state index contributed by atoms with van der Waals surface area (Å²) >= 11 is 0. The Labute approximate surface area is 123 Å². The summed E-state index contributed by atoms with van der Waals surface area (Å²) in [6.45, 7) is 0.686. The van der Waals surface area contributed by atoms with Crippen molar-refractivity contribution in [3.8, 4) is 5.75 Å². The normalized spacial score (nSPS) is 16.0. The van der Waals surface area contributed by atoms with Gasteiger partial charge in [-0.05, 0) is 23.8 Å². The maximum atomic E-state index is 11.5. The van der Waals surface area contributed by atoms with Gasteiger partial charge in [-0.2, -0.15) is 0 Å². The first-order valence-electron chi connectivity index (χ1n) is 6.93. The average Bonchev–Trinajstić information content (AvgIpc) is 2.95. The number of para-hydroxylation sites is 1. The summed E-state index contributed by atoms with van der Waals surface area (Å²) < 4.78 is 5.87. The van der Waals surface area contributed by atoms with Gasteiger partial charge in [0.15, 0.2) is 0 Å². The van der Waals surface area contributed by atoms with E-state index in [1.807, 2.05) is 24.3 Å². The zero-order valence-corrected chi connectivity index (χ0v) is 11.8. The van der Waals surface area contributed by atoms with E-state index in [9.17, 15) is 4.79 Å². The minimum Gasteiger partial charge on any atom is -0.488 e. The molecule has 3 rings (SSSR count). The highest BCUT2D eigenvalue weighted by Gasteiger charge is 2.21. The number of carbonyl (C=O) groups excluding carboxylic acids is 1. The largest absolute Gasteiger partial charge is 0.488 e. The minimum absolute atomic E-state index is 0.110. The van der Waals surface area contributed by atoms with Crippen molar-refractivity contribution in [3.05, 3.63) is 53.9 Å². The van der Waals surface area contributed by atoms with E-state index in [2.05, 4.69) is 21.7 Å². The van der Waals surface area contributed by atoms with Crippen molar-refractivity contribution in [2.24, 2.45) is 0 Å². The molecule has 21 heavy (non-hydrogen) atoms. The Morgan fingerprint density at radius 2 is 2.24 bits per heavy atom. The van der Waals surface area contributed by atoms with Crippen molar-refractivity contribution >= 4 is 11.6 Å². The summed E-state index contributed by atoms with van der Waals surface area (Å²) in [5, 5.41) is 5.86. The first-order valence-corrected chi connectivity index (χ1v) is 6.93. The third kappa shape index (κ3) is 2.97. The van der Waals surface area contributed by atoms with Crippen LogP contribution >= 0.6 is 0 Å². The van der Waals surface area contributed by atoms with Gasteiger partial charge in [0.25, 0.3) is 5.91 Å². The second-order valence-corrected chi connectivity index (χ2v) is 4.94. The second kappa shape index (κ2) is 5.83. The number of hydrogen-bond donors (Lipinski definition) is 2. The third-order valence-corrected chi connectivity index (χ3v) is 3.47. The number of aromatic nitrogens is 1. The lowest BCUT2D eigenvalue weighted by molar-refractivity contribution is 0.0958. The van der Waals surface area contributed by atoms with Crippen LogP contribution in [0.3, 0.4) is 0 Å². The van der Waals surface area contributed by atoms with Gasteiger partial charge in [-0.25, -0.2) is 0 Å². The lowest BCUT2D eigenvalue weighted by Crippen LogP contribution is -2.24. The molecule has 5 heteroatoms. The molecule has 0 saturated heterocycles. The molecular weight excluding hydrogens is 266 g/mol. The zero-order valence-electron chi connectivity index (χ0n) is 11.8. The van der Waals surface area contributed by atoms with Crippen LogP contribution in [-0.2, 0) is 6.42 Å². The molecule has 1 atom stereocenters. The first kappa shape index (κ1) is 13.4. The van der Waals surface area contributed by atoms with Crippen molar-refractivity contribution in [2.75, 3.05) is 18.9 Å². The van der Waals surface area contributed by atoms with Crippen LogP contribution in [-0.4, -0.2) is 30.6 Å². The molecule has 1 unspecified atom stereocenters. The van der Waals surface area contributed by atoms with Crippen LogP contribution in [0.4, 0.5) is 5.69 Å². The quantitative estimate of drug-likeness (QED) is 0.899. The monoisotopic (exact) mass is 283 g/mol. The summed E-state index contributed by atoms with van der Waals surface area (Å²) in [6.07, 6.45) is 2.63. The van der Waals surface area contributed by atoms with Crippen LogP contribution in [0.2, 0.25) is 0 Å². The first-order chi connectivity index (χ1) is 10.3. The molecular formula is C16H17N3O2. The van der Waals surface area contributed by atoms with Crippen LogP contribution in [0.25, 0.3) is 0 Å². The Bertz CT molecular complexity index is 632. The number of carbonyl (C=O) groups is 1. The Morgan fingerprint density at radius 1 is 1.38 bits per heavy atom. The van der Waals surface area contributed by atoms with E-state index >= 15 is 0 Å². The van der Waals surface area contributed by atoms with Crippen molar-refractivity contribution in [1.29, 1.82) is 0 Å². The van der Waals surface area contributed by atoms with Gasteiger partial charge in [0.1, 0.15) is 17.5 Å². The number of nitrogens with zero attached hydrogens (tertiary/aromatic N) is 1. The molecule has 1 aliphatic rings. The summed E-state index contributed by atoms with van der Waals surface area (Å²) in [6, 6.07) is 11.7. The summed E-state index contributed by atoms with van der Waals surface area (Å²) in [5.41, 5.74) is 2.51. The van der Waals surface area contributed by atoms with Gasteiger partial charge >= 0.3 is 0 Å². The number of fused-ring (bicyclic) bond motifs is 1. The predicted octanol–water partition coefficient (Wildman–Crippen LogP) is 1.86. The Balaban J connectivity index is 1.61. The lowest BCUT2D eigenvalue weighted by atomic mass is 10.1. The molecule has 0 spiro atoms. The lowest BCUT2D eigenvalue weighted by Gasteiger charge is -2.13. The molecule has 0 radical (unpaired) electrons. The molecule has 1 aliphatic heterocycles. The number of rotatable bonds is 4. The summed E-state index contributed by atoms with van der Waals surface area (Å²) in [4.78, 5) is 15.6. The molecule has 2 N–H and O–H groups in total. The number of ether oxygens (including phenoxy) is 1. The van der Waals surface area contributed by atoms with Gasteiger partial charge in [-0.1, -0.05) is 18.2 Å². The van der Waals surface area contributed by atoms with Gasteiger partial charge in [0, 0.05) is 25.4 Å². The molecule has 108 valence electrons. The van der Waals surface area contributed by atoms with Crippen molar-refractivity contribution < 1.29 is 9.53 Å². The van der Waals surface area contributed by atoms with E-state index in [0.29, 0.717) is 12.2 Å². The van der Waals surface area contributed by atoms with Crippen molar-refractivity contribution in [1.82, 2.24) is 10.3 Å². The molecule has 1 aromatic carbocycles. The van der Waals surface area contributed by atoms with Crippen LogP contribution in [0.1, 0.15) is 16.1 Å². The van der Waals surface area contributed by atoms with Gasteiger partial charge in [0.2, 0.25) is 0 Å². The van der Waals surface area contributed by atoms with Gasteiger partial charge < -0.3 is 15.4 Å². The number of nitrogens with one attached hydrogen (secondary N) is 2. The number of benzene rings is 1. The molecule has 2 aromatic rings. The fourth-order valence-corrected chi connectivity index (χ4v) is 2.39. The molecule has 1 amide bonds. The molecule has 5 nitrogen and oxygen atoms in total. The smallest absolute Gasteiger partial charge is 0.269 e. The summed E-state index contributed by atoms with van der Waals surface area (Å²) in [5.74, 6) is 0.772. The second-order valence-electron chi connectivity index (χ2n) is 4.94. The Hall–Kier alpha value is -2.56. The van der Waals surface area contributed by atoms with Crippen molar-refractivity contribution in [3.63, 3.8) is 0 Å². The van der Waals surface area contributed by atoms with Crippen molar-refractivity contribution in [2.45, 2.75) is 12.5 Å². The van der Waals surface area contributed by atoms with E-state index in [1.165, 1.54) is 5.56 Å². The maximum Gasteiger partial charge on any atom is 0.269 e. The van der Waals surface area contributed by atoms with E-state index in [0.717, 1.165) is 17.9 Å². The SMILES string of the molecule is CNC(=O)c1cc(NCC2Cc3ccccc3O2)ccn1. The third-order valence-electron chi connectivity index (χ3n) is 3.47. The van der Waals surface area contributed by atoms with E-state index < -0.39 is 0 Å². The fourth-order valence-electron chi connectivity index (χ4n) is 2.39. The van der Waals surface area contributed by atoms with Crippen LogP contribution in [0.15, 0.2) is 42.6 Å². The zero-order chi connectivity index (χ0) is 14.7. The van der Waals surface area contributed by atoms with Crippen LogP contribution in [0, 0.1) is 0 Å². The number of hydrogen-bond acceptors (Lipinski definition) is 4.